The van der Waals surface area contributed by atoms with Crippen molar-refractivity contribution in [3.63, 3.8) is 0 Å². The van der Waals surface area contributed by atoms with Crippen LogP contribution in [-0.4, -0.2) is 6.04 Å². The molecule has 1 aromatic carbocycles. The molecular formula is C14H18N2O. The van der Waals surface area contributed by atoms with Crippen molar-refractivity contribution in [3.05, 3.63) is 47.9 Å². The minimum absolute atomic E-state index is 0.283. The molecule has 3 N–H and O–H groups in total. The predicted molar refractivity (Wildman–Crippen MR) is 71.1 cm³/mol. The van der Waals surface area contributed by atoms with Crippen molar-refractivity contribution >= 4 is 11.4 Å². The van der Waals surface area contributed by atoms with Crippen molar-refractivity contribution < 1.29 is 4.42 Å². The van der Waals surface area contributed by atoms with Crippen molar-refractivity contribution in [2.24, 2.45) is 0 Å². The summed E-state index contributed by atoms with van der Waals surface area (Å²) in [6.07, 6.45) is 2.55. The smallest absolute Gasteiger partial charge is 0.105 e. The van der Waals surface area contributed by atoms with E-state index in [0.29, 0.717) is 0 Å². The van der Waals surface area contributed by atoms with Gasteiger partial charge >= 0.3 is 0 Å². The minimum atomic E-state index is 0.283. The van der Waals surface area contributed by atoms with E-state index in [4.69, 9.17) is 10.2 Å². The van der Waals surface area contributed by atoms with Crippen LogP contribution in [0, 0.1) is 6.92 Å². The molecule has 0 aliphatic heterocycles. The molecule has 1 atom stereocenters. The molecule has 0 saturated carbocycles. The maximum Gasteiger partial charge on any atom is 0.105 e. The van der Waals surface area contributed by atoms with E-state index < -0.39 is 0 Å². The molecule has 1 heterocycles. The lowest BCUT2D eigenvalue weighted by Crippen LogP contribution is -2.18. The molecule has 2 rings (SSSR count). The third-order valence-electron chi connectivity index (χ3n) is 2.81. The molecule has 1 aromatic heterocycles. The topological polar surface area (TPSA) is 51.2 Å². The van der Waals surface area contributed by atoms with Crippen LogP contribution in [0.25, 0.3) is 0 Å². The fourth-order valence-electron chi connectivity index (χ4n) is 1.85. The largest absolute Gasteiger partial charge is 0.469 e. The van der Waals surface area contributed by atoms with Crippen LogP contribution < -0.4 is 11.1 Å². The van der Waals surface area contributed by atoms with E-state index in [2.05, 4.69) is 12.2 Å². The molecule has 0 radical (unpaired) electrons. The summed E-state index contributed by atoms with van der Waals surface area (Å²) in [6, 6.07) is 10.2. The van der Waals surface area contributed by atoms with Crippen molar-refractivity contribution in [1.82, 2.24) is 0 Å². The van der Waals surface area contributed by atoms with Gasteiger partial charge in [0.15, 0.2) is 0 Å². The van der Waals surface area contributed by atoms with Gasteiger partial charge in [0.1, 0.15) is 5.76 Å². The van der Waals surface area contributed by atoms with Gasteiger partial charge in [0.2, 0.25) is 0 Å². The Balaban J connectivity index is 2.03. The lowest BCUT2D eigenvalue weighted by molar-refractivity contribution is 0.498. The van der Waals surface area contributed by atoms with Gasteiger partial charge in [0.05, 0.1) is 17.6 Å². The average Bonchev–Trinajstić information content (AvgIpc) is 2.77. The fraction of sp³-hybridized carbons (Fsp3) is 0.286. The number of nitrogens with two attached hydrogens (primary N) is 1. The Morgan fingerprint density at radius 1 is 1.29 bits per heavy atom. The zero-order chi connectivity index (χ0) is 12.3. The normalized spacial score (nSPS) is 12.4. The first-order chi connectivity index (χ1) is 8.16. The number of para-hydroxylation sites is 1. The highest BCUT2D eigenvalue weighted by molar-refractivity contribution is 5.69. The van der Waals surface area contributed by atoms with Gasteiger partial charge in [-0.3, -0.25) is 0 Å². The molecule has 1 unspecified atom stereocenters. The van der Waals surface area contributed by atoms with Gasteiger partial charge in [0.25, 0.3) is 0 Å². The summed E-state index contributed by atoms with van der Waals surface area (Å²) >= 11 is 0. The third kappa shape index (κ3) is 2.81. The lowest BCUT2D eigenvalue weighted by Gasteiger charge is -2.16. The van der Waals surface area contributed by atoms with Crippen molar-refractivity contribution in [3.8, 4) is 0 Å². The second kappa shape index (κ2) is 4.95. The van der Waals surface area contributed by atoms with Gasteiger partial charge in [-0.25, -0.2) is 0 Å². The van der Waals surface area contributed by atoms with Crippen LogP contribution in [0.3, 0.4) is 0 Å². The van der Waals surface area contributed by atoms with Crippen LogP contribution in [0.1, 0.15) is 18.2 Å². The van der Waals surface area contributed by atoms with E-state index in [0.717, 1.165) is 29.1 Å². The van der Waals surface area contributed by atoms with E-state index in [9.17, 15) is 0 Å². The summed E-state index contributed by atoms with van der Waals surface area (Å²) in [5, 5.41) is 3.40. The first-order valence-electron chi connectivity index (χ1n) is 5.81. The van der Waals surface area contributed by atoms with Crippen molar-refractivity contribution in [1.29, 1.82) is 0 Å². The van der Waals surface area contributed by atoms with Crippen LogP contribution >= 0.6 is 0 Å². The van der Waals surface area contributed by atoms with Gasteiger partial charge < -0.3 is 15.5 Å². The minimum Gasteiger partial charge on any atom is -0.469 e. The average molecular weight is 230 g/mol. The fourth-order valence-corrected chi connectivity index (χ4v) is 1.85. The maximum absolute atomic E-state index is 6.02. The Morgan fingerprint density at radius 2 is 2.12 bits per heavy atom. The molecule has 0 aliphatic carbocycles. The molecule has 90 valence electrons. The zero-order valence-corrected chi connectivity index (χ0v) is 10.2. The number of hydrogen-bond donors (Lipinski definition) is 2. The van der Waals surface area contributed by atoms with E-state index in [1.54, 1.807) is 6.26 Å². The Labute approximate surface area is 102 Å². The molecule has 2 aromatic rings. The number of nitrogen functional groups attached to an aromatic ring is 1. The summed E-state index contributed by atoms with van der Waals surface area (Å²) in [4.78, 5) is 0. The number of anilines is 2. The number of hydrogen-bond acceptors (Lipinski definition) is 3. The first kappa shape index (κ1) is 11.6. The molecule has 0 fully saturated rings. The Kier molecular flexibility index (Phi) is 3.38. The number of rotatable bonds is 4. The summed E-state index contributed by atoms with van der Waals surface area (Å²) in [5.41, 5.74) is 8.92. The number of nitrogens with one attached hydrogen (secondary N) is 1. The summed E-state index contributed by atoms with van der Waals surface area (Å²) < 4.78 is 5.32. The van der Waals surface area contributed by atoms with Crippen LogP contribution in [0.5, 0.6) is 0 Å². The molecule has 3 nitrogen and oxygen atoms in total. The molecule has 0 amide bonds. The quantitative estimate of drug-likeness (QED) is 0.793. The molecular weight excluding hydrogens is 212 g/mol. The Morgan fingerprint density at radius 3 is 2.82 bits per heavy atom. The van der Waals surface area contributed by atoms with Crippen LogP contribution in [-0.2, 0) is 6.42 Å². The second-order valence-electron chi connectivity index (χ2n) is 4.37. The third-order valence-corrected chi connectivity index (χ3v) is 2.81. The van der Waals surface area contributed by atoms with E-state index in [-0.39, 0.29) is 6.04 Å². The molecule has 0 saturated heterocycles. The summed E-state index contributed by atoms with van der Waals surface area (Å²) in [6.45, 7) is 4.13. The van der Waals surface area contributed by atoms with Gasteiger partial charge in [-0.1, -0.05) is 12.1 Å². The van der Waals surface area contributed by atoms with Crippen molar-refractivity contribution in [2.75, 3.05) is 11.1 Å². The Bertz CT molecular complexity index is 477. The monoisotopic (exact) mass is 230 g/mol. The number of furan rings is 1. The van der Waals surface area contributed by atoms with E-state index in [1.165, 1.54) is 0 Å². The number of aryl methyl sites for hydroxylation is 1. The van der Waals surface area contributed by atoms with Gasteiger partial charge in [-0.05, 0) is 37.6 Å². The second-order valence-corrected chi connectivity index (χ2v) is 4.37. The molecule has 0 spiro atoms. The maximum atomic E-state index is 6.02. The van der Waals surface area contributed by atoms with Crippen LogP contribution in [0.2, 0.25) is 0 Å². The predicted octanol–water partition coefficient (Wildman–Crippen LogP) is 3.21. The standard InChI is InChI=1S/C14H18N2O/c1-10-5-3-7-13(14(10)15)16-11(2)9-12-6-4-8-17-12/h3-8,11,16H,9,15H2,1-2H3. The molecule has 0 aliphatic rings. The highest BCUT2D eigenvalue weighted by atomic mass is 16.3. The highest BCUT2D eigenvalue weighted by Gasteiger charge is 2.08. The SMILES string of the molecule is Cc1cccc(NC(C)Cc2ccco2)c1N. The summed E-state index contributed by atoms with van der Waals surface area (Å²) in [7, 11) is 0. The molecule has 17 heavy (non-hydrogen) atoms. The first-order valence-corrected chi connectivity index (χ1v) is 5.81. The Hall–Kier alpha value is -1.90. The molecule has 0 bridgehead atoms. The molecule has 3 heteroatoms. The van der Waals surface area contributed by atoms with Gasteiger partial charge in [-0.15, -0.1) is 0 Å². The van der Waals surface area contributed by atoms with E-state index in [1.807, 2.05) is 37.3 Å². The lowest BCUT2D eigenvalue weighted by atomic mass is 10.1. The van der Waals surface area contributed by atoms with Crippen LogP contribution in [0.4, 0.5) is 11.4 Å². The van der Waals surface area contributed by atoms with Gasteiger partial charge in [0, 0.05) is 12.5 Å². The van der Waals surface area contributed by atoms with E-state index >= 15 is 0 Å². The zero-order valence-electron chi connectivity index (χ0n) is 10.2. The van der Waals surface area contributed by atoms with Crippen molar-refractivity contribution in [2.45, 2.75) is 26.3 Å². The highest BCUT2D eigenvalue weighted by Crippen LogP contribution is 2.23. The number of benzene rings is 1. The van der Waals surface area contributed by atoms with Crippen LogP contribution in [0.15, 0.2) is 41.0 Å². The van der Waals surface area contributed by atoms with Gasteiger partial charge in [-0.2, -0.15) is 0 Å². The summed E-state index contributed by atoms with van der Waals surface area (Å²) in [5.74, 6) is 0.983.